The Labute approximate surface area is 198 Å². The average molecular weight is 489 g/mol. The summed E-state index contributed by atoms with van der Waals surface area (Å²) in [6.07, 6.45) is 0. The lowest BCUT2D eigenvalue weighted by Gasteiger charge is -2.25. The number of hydrogen-bond donors (Lipinski definition) is 1. The largest absolute Gasteiger partial charge is 0.354 e. The van der Waals surface area contributed by atoms with Crippen molar-refractivity contribution < 1.29 is 13.2 Å². The third kappa shape index (κ3) is 6.51. The van der Waals surface area contributed by atoms with E-state index in [1.807, 2.05) is 37.3 Å². The standard InChI is InChI=1S/C24H25ClN2O3S2/c1-19-7-5-6-10-23(19)27(32(29,30)22-13-11-21(25)12-14-22)17-24(28)26-15-16-31-18-20-8-3-2-4-9-20/h2-14H,15-18H2,1H3,(H,26,28). The van der Waals surface area contributed by atoms with E-state index >= 15 is 0 Å². The maximum absolute atomic E-state index is 13.4. The molecule has 3 aromatic carbocycles. The van der Waals surface area contributed by atoms with Crippen molar-refractivity contribution in [1.29, 1.82) is 0 Å². The summed E-state index contributed by atoms with van der Waals surface area (Å²) in [5.74, 6) is 1.23. The molecular weight excluding hydrogens is 464 g/mol. The molecule has 0 saturated carbocycles. The Kier molecular flexibility index (Phi) is 8.61. The first-order valence-corrected chi connectivity index (χ1v) is 13.1. The van der Waals surface area contributed by atoms with Gasteiger partial charge in [-0.15, -0.1) is 0 Å². The van der Waals surface area contributed by atoms with Crippen LogP contribution in [0.25, 0.3) is 0 Å². The van der Waals surface area contributed by atoms with Crippen molar-refractivity contribution in [2.75, 3.05) is 23.1 Å². The lowest BCUT2D eigenvalue weighted by molar-refractivity contribution is -0.119. The molecule has 0 aliphatic heterocycles. The summed E-state index contributed by atoms with van der Waals surface area (Å²) in [7, 11) is -3.95. The Morgan fingerprint density at radius 1 is 0.969 bits per heavy atom. The molecule has 0 atom stereocenters. The molecule has 168 valence electrons. The predicted molar refractivity (Wildman–Crippen MR) is 133 cm³/mol. The first kappa shape index (κ1) is 24.2. The maximum Gasteiger partial charge on any atom is 0.264 e. The zero-order chi connectivity index (χ0) is 23.0. The van der Waals surface area contributed by atoms with Crippen molar-refractivity contribution in [3.8, 4) is 0 Å². The third-order valence-electron chi connectivity index (χ3n) is 4.75. The highest BCUT2D eigenvalue weighted by atomic mass is 35.5. The summed E-state index contributed by atoms with van der Waals surface area (Å²) in [6, 6.07) is 23.1. The van der Waals surface area contributed by atoms with E-state index in [1.54, 1.807) is 23.9 Å². The number of para-hydroxylation sites is 1. The van der Waals surface area contributed by atoms with E-state index in [0.717, 1.165) is 21.4 Å². The van der Waals surface area contributed by atoms with Crippen LogP contribution < -0.4 is 9.62 Å². The van der Waals surface area contributed by atoms with Gasteiger partial charge in [-0.25, -0.2) is 8.42 Å². The van der Waals surface area contributed by atoms with E-state index in [4.69, 9.17) is 11.6 Å². The van der Waals surface area contributed by atoms with Gasteiger partial charge in [0.1, 0.15) is 6.54 Å². The monoisotopic (exact) mass is 488 g/mol. The van der Waals surface area contributed by atoms with Gasteiger partial charge in [-0.3, -0.25) is 9.10 Å². The molecule has 1 amide bonds. The number of anilines is 1. The molecule has 0 fully saturated rings. The minimum atomic E-state index is -3.95. The number of carbonyl (C=O) groups is 1. The summed E-state index contributed by atoms with van der Waals surface area (Å²) >= 11 is 7.63. The minimum absolute atomic E-state index is 0.0800. The lowest BCUT2D eigenvalue weighted by atomic mass is 10.2. The molecule has 0 bridgehead atoms. The fourth-order valence-electron chi connectivity index (χ4n) is 3.09. The highest BCUT2D eigenvalue weighted by molar-refractivity contribution is 7.98. The molecule has 0 saturated heterocycles. The van der Waals surface area contributed by atoms with Crippen molar-refractivity contribution in [1.82, 2.24) is 5.32 Å². The van der Waals surface area contributed by atoms with E-state index in [2.05, 4.69) is 17.4 Å². The molecule has 0 heterocycles. The first-order chi connectivity index (χ1) is 15.4. The molecule has 0 aliphatic carbocycles. The van der Waals surface area contributed by atoms with Crippen LogP contribution in [0.15, 0.2) is 83.8 Å². The number of sulfonamides is 1. The van der Waals surface area contributed by atoms with Crippen LogP contribution in [0.3, 0.4) is 0 Å². The molecule has 0 aromatic heterocycles. The molecule has 3 aromatic rings. The van der Waals surface area contributed by atoms with Crippen LogP contribution in [-0.2, 0) is 20.6 Å². The van der Waals surface area contributed by atoms with Crippen molar-refractivity contribution in [2.45, 2.75) is 17.6 Å². The third-order valence-corrected chi connectivity index (χ3v) is 7.81. The summed E-state index contributed by atoms with van der Waals surface area (Å²) in [4.78, 5) is 12.7. The van der Waals surface area contributed by atoms with Gasteiger partial charge in [0.15, 0.2) is 0 Å². The van der Waals surface area contributed by atoms with Gasteiger partial charge in [-0.1, -0.05) is 60.1 Å². The van der Waals surface area contributed by atoms with Crippen LogP contribution in [0.4, 0.5) is 5.69 Å². The van der Waals surface area contributed by atoms with Crippen molar-refractivity contribution >= 4 is 45.0 Å². The zero-order valence-corrected chi connectivity index (χ0v) is 20.1. The molecular formula is C24H25ClN2O3S2. The van der Waals surface area contributed by atoms with E-state index in [1.165, 1.54) is 29.8 Å². The summed E-state index contributed by atoms with van der Waals surface area (Å²) in [6.45, 7) is 1.97. The normalized spacial score (nSPS) is 11.2. The van der Waals surface area contributed by atoms with Crippen molar-refractivity contribution in [2.24, 2.45) is 0 Å². The number of aryl methyl sites for hydroxylation is 1. The van der Waals surface area contributed by atoms with Gasteiger partial charge >= 0.3 is 0 Å². The van der Waals surface area contributed by atoms with Crippen molar-refractivity contribution in [3.63, 3.8) is 0 Å². The number of hydrogen-bond acceptors (Lipinski definition) is 4. The second kappa shape index (κ2) is 11.4. The predicted octanol–water partition coefficient (Wildman–Crippen LogP) is 4.89. The van der Waals surface area contributed by atoms with E-state index in [-0.39, 0.29) is 17.3 Å². The smallest absolute Gasteiger partial charge is 0.264 e. The number of nitrogens with zero attached hydrogens (tertiary/aromatic N) is 1. The second-order valence-electron chi connectivity index (χ2n) is 7.14. The summed E-state index contributed by atoms with van der Waals surface area (Å²) < 4.78 is 27.9. The fraction of sp³-hybridized carbons (Fsp3) is 0.208. The van der Waals surface area contributed by atoms with E-state index in [0.29, 0.717) is 17.3 Å². The van der Waals surface area contributed by atoms with E-state index < -0.39 is 10.0 Å². The average Bonchev–Trinajstić information content (AvgIpc) is 2.79. The van der Waals surface area contributed by atoms with Crippen LogP contribution in [0.2, 0.25) is 5.02 Å². The lowest BCUT2D eigenvalue weighted by Crippen LogP contribution is -2.41. The number of halogens is 1. The second-order valence-corrected chi connectivity index (χ2v) is 10.5. The van der Waals surface area contributed by atoms with Crippen LogP contribution in [0, 0.1) is 6.92 Å². The molecule has 1 N–H and O–H groups in total. The zero-order valence-electron chi connectivity index (χ0n) is 17.7. The summed E-state index contributed by atoms with van der Waals surface area (Å²) in [5, 5.41) is 3.28. The van der Waals surface area contributed by atoms with E-state index in [9.17, 15) is 13.2 Å². The van der Waals surface area contributed by atoms with Gasteiger partial charge in [0.05, 0.1) is 10.6 Å². The Hall–Kier alpha value is -2.48. The Bertz CT molecular complexity index is 1140. The molecule has 0 aliphatic rings. The number of amides is 1. The van der Waals surface area contributed by atoms with Gasteiger partial charge < -0.3 is 5.32 Å². The van der Waals surface area contributed by atoms with Gasteiger partial charge in [0.2, 0.25) is 5.91 Å². The Balaban J connectivity index is 1.67. The van der Waals surface area contributed by atoms with Crippen LogP contribution in [-0.4, -0.2) is 33.2 Å². The number of benzene rings is 3. The van der Waals surface area contributed by atoms with Gasteiger partial charge in [-0.2, -0.15) is 11.8 Å². The van der Waals surface area contributed by atoms with Gasteiger partial charge in [0, 0.05) is 23.1 Å². The van der Waals surface area contributed by atoms with Crippen LogP contribution in [0.5, 0.6) is 0 Å². The molecule has 0 radical (unpaired) electrons. The topological polar surface area (TPSA) is 66.5 Å². The maximum atomic E-state index is 13.4. The molecule has 5 nitrogen and oxygen atoms in total. The molecule has 0 unspecified atom stereocenters. The molecule has 0 spiro atoms. The molecule has 3 rings (SSSR count). The minimum Gasteiger partial charge on any atom is -0.354 e. The Morgan fingerprint density at radius 2 is 1.62 bits per heavy atom. The van der Waals surface area contributed by atoms with Gasteiger partial charge in [0.25, 0.3) is 10.0 Å². The summed E-state index contributed by atoms with van der Waals surface area (Å²) in [5.41, 5.74) is 2.45. The number of thioether (sulfide) groups is 1. The van der Waals surface area contributed by atoms with Crippen molar-refractivity contribution in [3.05, 3.63) is 95.0 Å². The highest BCUT2D eigenvalue weighted by Crippen LogP contribution is 2.27. The SMILES string of the molecule is Cc1ccccc1N(CC(=O)NCCSCc1ccccc1)S(=O)(=O)c1ccc(Cl)cc1. The molecule has 8 heteroatoms. The van der Waals surface area contributed by atoms with Crippen LogP contribution in [0.1, 0.15) is 11.1 Å². The highest BCUT2D eigenvalue weighted by Gasteiger charge is 2.28. The number of carbonyl (C=O) groups excluding carboxylic acids is 1. The molecule has 32 heavy (non-hydrogen) atoms. The number of nitrogens with one attached hydrogen (secondary N) is 1. The Morgan fingerprint density at radius 3 is 2.31 bits per heavy atom. The van der Waals surface area contributed by atoms with Crippen LogP contribution >= 0.6 is 23.4 Å². The number of rotatable bonds is 10. The van der Waals surface area contributed by atoms with Gasteiger partial charge in [-0.05, 0) is 48.4 Å². The quantitative estimate of drug-likeness (QED) is 0.412. The first-order valence-electron chi connectivity index (χ1n) is 10.1. The fourth-order valence-corrected chi connectivity index (χ4v) is 5.52.